The minimum Gasteiger partial charge on any atom is -0.480 e. The quantitative estimate of drug-likeness (QED) is 0.835. The summed E-state index contributed by atoms with van der Waals surface area (Å²) in [5, 5.41) is 9.06. The van der Waals surface area contributed by atoms with Gasteiger partial charge in [-0.25, -0.2) is 8.42 Å². The van der Waals surface area contributed by atoms with E-state index in [1.54, 1.807) is 13.0 Å². The first-order chi connectivity index (χ1) is 8.80. The predicted molar refractivity (Wildman–Crippen MR) is 75.8 cm³/mol. The van der Waals surface area contributed by atoms with Crippen LogP contribution in [0.2, 0.25) is 5.02 Å². The van der Waals surface area contributed by atoms with Crippen molar-refractivity contribution in [1.82, 2.24) is 4.31 Å². The van der Waals surface area contributed by atoms with Crippen LogP contribution in [0, 0.1) is 0 Å². The predicted octanol–water partition coefficient (Wildman–Crippen LogP) is 2.59. The lowest BCUT2D eigenvalue weighted by molar-refractivity contribution is -0.137. The summed E-state index contributed by atoms with van der Waals surface area (Å²) < 4.78 is 26.0. The Labute approximate surface area is 125 Å². The second kappa shape index (κ2) is 6.69. The number of rotatable bonds is 6. The molecular weight excluding hydrogens is 358 g/mol. The maximum Gasteiger partial charge on any atom is 0.318 e. The van der Waals surface area contributed by atoms with E-state index in [9.17, 15) is 13.2 Å². The van der Waals surface area contributed by atoms with E-state index in [1.165, 1.54) is 12.1 Å². The molecule has 106 valence electrons. The summed E-state index contributed by atoms with van der Waals surface area (Å²) in [5.74, 6) is -1.20. The Hall–Kier alpha value is -0.630. The summed E-state index contributed by atoms with van der Waals surface area (Å²) in [7, 11) is -3.89. The number of carbonyl (C=O) groups is 1. The van der Waals surface area contributed by atoms with Crippen molar-refractivity contribution in [3.8, 4) is 0 Å². The van der Waals surface area contributed by atoms with Crippen molar-refractivity contribution >= 4 is 43.5 Å². The van der Waals surface area contributed by atoms with Gasteiger partial charge in [0.05, 0.1) is 14.4 Å². The van der Waals surface area contributed by atoms with Crippen LogP contribution in [-0.4, -0.2) is 36.9 Å². The number of benzene rings is 1. The van der Waals surface area contributed by atoms with Gasteiger partial charge in [0.1, 0.15) is 6.54 Å². The summed E-state index contributed by atoms with van der Waals surface area (Å²) in [6.07, 6.45) is 0.519. The third-order valence-electron chi connectivity index (χ3n) is 2.32. The SMILES string of the molecule is CCCN(CC(=O)O)S(=O)(=O)c1cccc(Cl)c1Br. The molecule has 0 heterocycles. The summed E-state index contributed by atoms with van der Waals surface area (Å²) in [6.45, 7) is 1.33. The molecule has 0 fully saturated rings. The smallest absolute Gasteiger partial charge is 0.318 e. The largest absolute Gasteiger partial charge is 0.480 e. The molecule has 0 aromatic heterocycles. The highest BCUT2D eigenvalue weighted by Gasteiger charge is 2.28. The Morgan fingerprint density at radius 3 is 2.63 bits per heavy atom. The normalized spacial score (nSPS) is 11.8. The van der Waals surface area contributed by atoms with Crippen LogP contribution in [0.25, 0.3) is 0 Å². The van der Waals surface area contributed by atoms with E-state index in [0.717, 1.165) is 4.31 Å². The first-order valence-electron chi connectivity index (χ1n) is 5.46. The molecular formula is C11H13BrClNO4S. The van der Waals surface area contributed by atoms with Gasteiger partial charge in [0, 0.05) is 6.54 Å². The third-order valence-corrected chi connectivity index (χ3v) is 5.87. The van der Waals surface area contributed by atoms with Crippen LogP contribution in [0.4, 0.5) is 0 Å². The summed E-state index contributed by atoms with van der Waals surface area (Å²) >= 11 is 8.98. The second-order valence-electron chi connectivity index (χ2n) is 3.78. The number of nitrogens with zero attached hydrogens (tertiary/aromatic N) is 1. The Morgan fingerprint density at radius 2 is 2.11 bits per heavy atom. The van der Waals surface area contributed by atoms with Crippen LogP contribution in [0.3, 0.4) is 0 Å². The fourth-order valence-corrected chi connectivity index (χ4v) is 4.18. The van der Waals surface area contributed by atoms with E-state index in [4.69, 9.17) is 16.7 Å². The zero-order valence-corrected chi connectivity index (χ0v) is 13.3. The van der Waals surface area contributed by atoms with E-state index >= 15 is 0 Å². The Morgan fingerprint density at radius 1 is 1.47 bits per heavy atom. The zero-order chi connectivity index (χ0) is 14.6. The summed E-state index contributed by atoms with van der Waals surface area (Å²) in [4.78, 5) is 10.7. The highest BCUT2D eigenvalue weighted by atomic mass is 79.9. The van der Waals surface area contributed by atoms with Crippen molar-refractivity contribution in [2.24, 2.45) is 0 Å². The van der Waals surface area contributed by atoms with Gasteiger partial charge in [0.15, 0.2) is 0 Å². The number of hydrogen-bond donors (Lipinski definition) is 1. The average Bonchev–Trinajstić information content (AvgIpc) is 2.31. The molecule has 19 heavy (non-hydrogen) atoms. The lowest BCUT2D eigenvalue weighted by Crippen LogP contribution is -2.36. The van der Waals surface area contributed by atoms with Crippen molar-refractivity contribution in [2.45, 2.75) is 18.2 Å². The summed E-state index contributed by atoms with van der Waals surface area (Å²) in [5.41, 5.74) is 0. The van der Waals surface area contributed by atoms with Crippen molar-refractivity contribution < 1.29 is 18.3 Å². The van der Waals surface area contributed by atoms with Crippen LogP contribution in [0.1, 0.15) is 13.3 Å². The van der Waals surface area contributed by atoms with E-state index in [0.29, 0.717) is 6.42 Å². The zero-order valence-electron chi connectivity index (χ0n) is 10.1. The van der Waals surface area contributed by atoms with Crippen LogP contribution in [0.5, 0.6) is 0 Å². The minimum absolute atomic E-state index is 0.0327. The van der Waals surface area contributed by atoms with Gasteiger partial charge in [-0.3, -0.25) is 4.79 Å². The number of hydrogen-bond acceptors (Lipinski definition) is 3. The van der Waals surface area contributed by atoms with Gasteiger partial charge >= 0.3 is 5.97 Å². The van der Waals surface area contributed by atoms with Gasteiger partial charge in [-0.2, -0.15) is 4.31 Å². The van der Waals surface area contributed by atoms with Crippen molar-refractivity contribution in [3.63, 3.8) is 0 Å². The molecule has 0 saturated heterocycles. The molecule has 0 aliphatic heterocycles. The van der Waals surface area contributed by atoms with Crippen LogP contribution in [-0.2, 0) is 14.8 Å². The molecule has 8 heteroatoms. The van der Waals surface area contributed by atoms with Crippen molar-refractivity contribution in [3.05, 3.63) is 27.7 Å². The summed E-state index contributed by atoms with van der Waals surface area (Å²) in [6, 6.07) is 4.44. The standard InChI is InChI=1S/C11H13BrClNO4S/c1-2-6-14(7-10(15)16)19(17,18)9-5-3-4-8(13)11(9)12/h3-5H,2,6-7H2,1H3,(H,15,16). The minimum atomic E-state index is -3.89. The number of halogens is 2. The van der Waals surface area contributed by atoms with Crippen LogP contribution in [0.15, 0.2) is 27.6 Å². The highest BCUT2D eigenvalue weighted by molar-refractivity contribution is 9.10. The van der Waals surface area contributed by atoms with Crippen LogP contribution >= 0.6 is 27.5 Å². The first kappa shape index (κ1) is 16.4. The molecule has 0 spiro atoms. The van der Waals surface area contributed by atoms with Gasteiger partial charge in [-0.15, -0.1) is 0 Å². The molecule has 0 unspecified atom stereocenters. The molecule has 0 bridgehead atoms. The van der Waals surface area contributed by atoms with E-state index in [1.807, 2.05) is 0 Å². The maximum absolute atomic E-state index is 12.4. The first-order valence-corrected chi connectivity index (χ1v) is 8.07. The van der Waals surface area contributed by atoms with Gasteiger partial charge in [0.2, 0.25) is 10.0 Å². The van der Waals surface area contributed by atoms with Gasteiger partial charge in [0.25, 0.3) is 0 Å². The van der Waals surface area contributed by atoms with Gasteiger partial charge in [-0.05, 0) is 34.5 Å². The molecule has 0 radical (unpaired) electrons. The molecule has 5 nitrogen and oxygen atoms in total. The molecule has 0 saturated carbocycles. The van der Waals surface area contributed by atoms with E-state index in [-0.39, 0.29) is 20.9 Å². The highest BCUT2D eigenvalue weighted by Crippen LogP contribution is 2.31. The Bertz CT molecular complexity index is 576. The van der Waals surface area contributed by atoms with E-state index < -0.39 is 22.5 Å². The molecule has 0 aliphatic carbocycles. The number of carboxylic acids is 1. The van der Waals surface area contributed by atoms with Crippen LogP contribution < -0.4 is 0 Å². The molecule has 1 rings (SSSR count). The number of aliphatic carboxylic acids is 1. The lowest BCUT2D eigenvalue weighted by Gasteiger charge is -2.20. The molecule has 1 N–H and O–H groups in total. The van der Waals surface area contributed by atoms with E-state index in [2.05, 4.69) is 15.9 Å². The Balaban J connectivity index is 3.26. The molecule has 1 aromatic rings. The Kier molecular flexibility index (Phi) is 5.79. The average molecular weight is 371 g/mol. The molecule has 1 aromatic carbocycles. The fourth-order valence-electron chi connectivity index (χ4n) is 1.51. The topological polar surface area (TPSA) is 74.7 Å². The third kappa shape index (κ3) is 3.92. The molecule has 0 atom stereocenters. The fraction of sp³-hybridized carbons (Fsp3) is 0.364. The monoisotopic (exact) mass is 369 g/mol. The van der Waals surface area contributed by atoms with Gasteiger partial charge in [-0.1, -0.05) is 24.6 Å². The molecule has 0 amide bonds. The maximum atomic E-state index is 12.4. The number of carboxylic acid groups (broad SMARTS) is 1. The van der Waals surface area contributed by atoms with Crippen molar-refractivity contribution in [1.29, 1.82) is 0 Å². The molecule has 0 aliphatic rings. The number of sulfonamides is 1. The second-order valence-corrected chi connectivity index (χ2v) is 6.89. The lowest BCUT2D eigenvalue weighted by atomic mass is 10.4. The van der Waals surface area contributed by atoms with Gasteiger partial charge < -0.3 is 5.11 Å². The van der Waals surface area contributed by atoms with Crippen molar-refractivity contribution in [2.75, 3.05) is 13.1 Å².